The molecular formula is C11H21N3O2. The Balaban J connectivity index is 2.47. The van der Waals surface area contributed by atoms with Crippen molar-refractivity contribution in [1.82, 2.24) is 9.80 Å². The average molecular weight is 227 g/mol. The molecule has 92 valence electrons. The van der Waals surface area contributed by atoms with Crippen molar-refractivity contribution in [3.05, 3.63) is 0 Å². The Bertz CT molecular complexity index is 277. The Labute approximate surface area is 96.6 Å². The molecule has 0 radical (unpaired) electrons. The highest BCUT2D eigenvalue weighted by Crippen LogP contribution is 2.09. The fourth-order valence-corrected chi connectivity index (χ4v) is 1.83. The van der Waals surface area contributed by atoms with Crippen LogP contribution >= 0.6 is 0 Å². The highest BCUT2D eigenvalue weighted by atomic mass is 16.2. The predicted molar refractivity (Wildman–Crippen MR) is 61.7 cm³/mol. The number of amides is 2. The number of nitrogens with zero attached hydrogens (tertiary/aromatic N) is 2. The third-order valence-corrected chi connectivity index (χ3v) is 2.73. The molecule has 0 aromatic rings. The topological polar surface area (TPSA) is 66.6 Å². The molecule has 2 amide bonds. The molecule has 1 heterocycles. The van der Waals surface area contributed by atoms with Gasteiger partial charge in [0.2, 0.25) is 11.8 Å². The Hall–Kier alpha value is -1.10. The molecule has 0 saturated carbocycles. The van der Waals surface area contributed by atoms with Gasteiger partial charge in [0, 0.05) is 20.1 Å². The van der Waals surface area contributed by atoms with E-state index in [0.29, 0.717) is 0 Å². The molecule has 0 atom stereocenters. The first-order chi connectivity index (χ1) is 7.32. The summed E-state index contributed by atoms with van der Waals surface area (Å²) in [5, 5.41) is 0. The molecule has 1 aliphatic rings. The van der Waals surface area contributed by atoms with Gasteiger partial charge in [0.1, 0.15) is 0 Å². The van der Waals surface area contributed by atoms with E-state index in [-0.39, 0.29) is 18.4 Å². The minimum absolute atomic E-state index is 0.0117. The van der Waals surface area contributed by atoms with E-state index in [1.165, 1.54) is 4.90 Å². The van der Waals surface area contributed by atoms with E-state index < -0.39 is 5.54 Å². The van der Waals surface area contributed by atoms with Gasteiger partial charge in [-0.3, -0.25) is 9.59 Å². The van der Waals surface area contributed by atoms with Gasteiger partial charge < -0.3 is 15.5 Å². The van der Waals surface area contributed by atoms with Gasteiger partial charge in [-0.25, -0.2) is 0 Å². The van der Waals surface area contributed by atoms with Crippen LogP contribution in [0.2, 0.25) is 0 Å². The van der Waals surface area contributed by atoms with Crippen LogP contribution < -0.4 is 5.73 Å². The van der Waals surface area contributed by atoms with Crippen LogP contribution in [0.4, 0.5) is 0 Å². The Morgan fingerprint density at radius 1 is 1.31 bits per heavy atom. The van der Waals surface area contributed by atoms with Crippen LogP contribution in [0.3, 0.4) is 0 Å². The van der Waals surface area contributed by atoms with Crippen molar-refractivity contribution >= 4 is 11.8 Å². The standard InChI is InChI=1S/C11H21N3O2/c1-11(2,12)10(16)13(3)8-9(15)14-6-4-5-7-14/h4-8,12H2,1-3H3. The molecule has 1 saturated heterocycles. The van der Waals surface area contributed by atoms with Crippen molar-refractivity contribution in [2.45, 2.75) is 32.2 Å². The minimum Gasteiger partial charge on any atom is -0.341 e. The van der Waals surface area contributed by atoms with E-state index in [0.717, 1.165) is 25.9 Å². The van der Waals surface area contributed by atoms with Gasteiger partial charge >= 0.3 is 0 Å². The van der Waals surface area contributed by atoms with E-state index >= 15 is 0 Å². The zero-order valence-electron chi connectivity index (χ0n) is 10.3. The molecule has 1 aliphatic heterocycles. The van der Waals surface area contributed by atoms with E-state index in [2.05, 4.69) is 0 Å². The number of carbonyl (C=O) groups excluding carboxylic acids is 2. The zero-order chi connectivity index (χ0) is 12.3. The SMILES string of the molecule is CN(CC(=O)N1CCCC1)C(=O)C(C)(C)N. The predicted octanol–water partition coefficient (Wildman–Crippen LogP) is -0.195. The summed E-state index contributed by atoms with van der Waals surface area (Å²) >= 11 is 0. The first kappa shape index (κ1) is 13.0. The lowest BCUT2D eigenvalue weighted by atomic mass is 10.1. The van der Waals surface area contributed by atoms with Gasteiger partial charge in [0.05, 0.1) is 12.1 Å². The van der Waals surface area contributed by atoms with Crippen LogP contribution in [-0.2, 0) is 9.59 Å². The molecule has 0 aromatic heterocycles. The van der Waals surface area contributed by atoms with Gasteiger partial charge in [-0.2, -0.15) is 0 Å². The van der Waals surface area contributed by atoms with Crippen LogP contribution in [0, 0.1) is 0 Å². The summed E-state index contributed by atoms with van der Waals surface area (Å²) in [5.74, 6) is -0.197. The van der Waals surface area contributed by atoms with E-state index in [9.17, 15) is 9.59 Å². The van der Waals surface area contributed by atoms with Gasteiger partial charge in [0.25, 0.3) is 0 Å². The average Bonchev–Trinajstić information content (AvgIpc) is 2.67. The molecule has 0 aliphatic carbocycles. The van der Waals surface area contributed by atoms with Crippen molar-refractivity contribution in [3.63, 3.8) is 0 Å². The number of carbonyl (C=O) groups is 2. The molecule has 5 nitrogen and oxygen atoms in total. The van der Waals surface area contributed by atoms with Crippen LogP contribution in [0.1, 0.15) is 26.7 Å². The Morgan fingerprint density at radius 3 is 2.25 bits per heavy atom. The molecule has 0 aromatic carbocycles. The number of likely N-dealkylation sites (N-methyl/N-ethyl adjacent to an activating group) is 1. The second-order valence-electron chi connectivity index (χ2n) is 4.97. The van der Waals surface area contributed by atoms with Crippen LogP contribution in [-0.4, -0.2) is 53.8 Å². The maximum absolute atomic E-state index is 11.8. The molecule has 1 rings (SSSR count). The maximum Gasteiger partial charge on any atom is 0.242 e. The summed E-state index contributed by atoms with van der Waals surface area (Å²) in [6.07, 6.45) is 2.12. The fraction of sp³-hybridized carbons (Fsp3) is 0.818. The maximum atomic E-state index is 11.8. The summed E-state index contributed by atoms with van der Waals surface area (Å²) in [6.45, 7) is 5.04. The molecule has 2 N–H and O–H groups in total. The normalized spacial score (nSPS) is 16.4. The lowest BCUT2D eigenvalue weighted by Gasteiger charge is -2.27. The Kier molecular flexibility index (Phi) is 3.91. The number of hydrogen-bond acceptors (Lipinski definition) is 3. The highest BCUT2D eigenvalue weighted by Gasteiger charge is 2.28. The molecule has 0 unspecified atom stereocenters. The largest absolute Gasteiger partial charge is 0.341 e. The lowest BCUT2D eigenvalue weighted by Crippen LogP contribution is -2.52. The molecular weight excluding hydrogens is 206 g/mol. The van der Waals surface area contributed by atoms with E-state index in [1.54, 1.807) is 25.8 Å². The third kappa shape index (κ3) is 3.20. The van der Waals surface area contributed by atoms with Crippen molar-refractivity contribution in [2.24, 2.45) is 5.73 Å². The first-order valence-electron chi connectivity index (χ1n) is 5.64. The molecule has 16 heavy (non-hydrogen) atoms. The molecule has 0 spiro atoms. The summed E-state index contributed by atoms with van der Waals surface area (Å²) in [4.78, 5) is 26.7. The molecule has 5 heteroatoms. The monoisotopic (exact) mass is 227 g/mol. The molecule has 1 fully saturated rings. The lowest BCUT2D eigenvalue weighted by molar-refractivity contribution is -0.141. The van der Waals surface area contributed by atoms with Gasteiger partial charge in [0.15, 0.2) is 0 Å². The van der Waals surface area contributed by atoms with Crippen molar-refractivity contribution in [3.8, 4) is 0 Å². The van der Waals surface area contributed by atoms with Gasteiger partial charge in [-0.15, -0.1) is 0 Å². The summed E-state index contributed by atoms with van der Waals surface area (Å²) < 4.78 is 0. The third-order valence-electron chi connectivity index (χ3n) is 2.73. The summed E-state index contributed by atoms with van der Waals surface area (Å²) in [6, 6.07) is 0. The van der Waals surface area contributed by atoms with Crippen molar-refractivity contribution < 1.29 is 9.59 Å². The van der Waals surface area contributed by atoms with Crippen molar-refractivity contribution in [1.29, 1.82) is 0 Å². The van der Waals surface area contributed by atoms with E-state index in [4.69, 9.17) is 5.73 Å². The second kappa shape index (κ2) is 4.82. The van der Waals surface area contributed by atoms with Crippen LogP contribution in [0.25, 0.3) is 0 Å². The fourth-order valence-electron chi connectivity index (χ4n) is 1.83. The number of hydrogen-bond donors (Lipinski definition) is 1. The number of rotatable bonds is 3. The van der Waals surface area contributed by atoms with E-state index in [1.807, 2.05) is 0 Å². The summed E-state index contributed by atoms with van der Waals surface area (Å²) in [7, 11) is 1.62. The second-order valence-corrected chi connectivity index (χ2v) is 4.97. The zero-order valence-corrected chi connectivity index (χ0v) is 10.3. The van der Waals surface area contributed by atoms with Gasteiger partial charge in [-0.05, 0) is 26.7 Å². The summed E-state index contributed by atoms with van der Waals surface area (Å²) in [5.41, 5.74) is 4.78. The number of likely N-dealkylation sites (tertiary alicyclic amines) is 1. The quantitative estimate of drug-likeness (QED) is 0.726. The van der Waals surface area contributed by atoms with Gasteiger partial charge in [-0.1, -0.05) is 0 Å². The number of nitrogens with two attached hydrogens (primary N) is 1. The minimum atomic E-state index is -0.917. The van der Waals surface area contributed by atoms with Crippen molar-refractivity contribution in [2.75, 3.05) is 26.7 Å². The molecule has 0 bridgehead atoms. The smallest absolute Gasteiger partial charge is 0.242 e. The van der Waals surface area contributed by atoms with Crippen LogP contribution in [0.5, 0.6) is 0 Å². The first-order valence-corrected chi connectivity index (χ1v) is 5.64. The highest BCUT2D eigenvalue weighted by molar-refractivity contribution is 5.89. The van der Waals surface area contributed by atoms with Crippen LogP contribution in [0.15, 0.2) is 0 Å². The Morgan fingerprint density at radius 2 is 1.81 bits per heavy atom.